The predicted octanol–water partition coefficient (Wildman–Crippen LogP) is 6.01. The summed E-state index contributed by atoms with van der Waals surface area (Å²) in [6.45, 7) is 13.6. The number of halogens is 2. The van der Waals surface area contributed by atoms with E-state index in [1.165, 1.54) is 21.3 Å². The molecule has 2 aromatic heterocycles. The fourth-order valence-corrected chi connectivity index (χ4v) is 5.72. The Balaban J connectivity index is 0.000000204. The number of hydrazone groups is 2. The van der Waals surface area contributed by atoms with Gasteiger partial charge in [0.05, 0.1) is 36.4 Å². The van der Waals surface area contributed by atoms with Crippen molar-refractivity contribution in [1.82, 2.24) is 29.8 Å². The summed E-state index contributed by atoms with van der Waals surface area (Å²) >= 11 is 9.48. The second-order valence-corrected chi connectivity index (χ2v) is 13.3. The largest absolute Gasteiger partial charge is 0.451 e. The van der Waals surface area contributed by atoms with Gasteiger partial charge >= 0.3 is 0 Å². The van der Waals surface area contributed by atoms with Crippen molar-refractivity contribution in [3.63, 3.8) is 0 Å². The Morgan fingerprint density at radius 3 is 1.91 bits per heavy atom. The molecule has 270 valence electrons. The first-order chi connectivity index (χ1) is 25.2. The molecule has 2 N–H and O–H groups in total. The maximum atomic E-state index is 13.0. The van der Waals surface area contributed by atoms with Gasteiger partial charge in [-0.1, -0.05) is 24.8 Å². The van der Waals surface area contributed by atoms with Crippen molar-refractivity contribution in [3.05, 3.63) is 138 Å². The third-order valence-electron chi connectivity index (χ3n) is 8.20. The SMILES string of the molecule is C=C1NN=C(Cn2cc(Br)c(C)c(Oc3cc(Cl)cc(C#N)c3)c2=O)N1C.C=C1NN=C(Cn2ccc(C)c(Oc3cc(C)cc(C#N)c3)c2=O)N1C. The molecule has 2 aliphatic heterocycles. The molecule has 4 aromatic rings. The normalized spacial score (nSPS) is 13.2. The van der Waals surface area contributed by atoms with Crippen LogP contribution < -0.4 is 31.4 Å². The second-order valence-electron chi connectivity index (χ2n) is 12.1. The molecule has 0 spiro atoms. The lowest BCUT2D eigenvalue weighted by atomic mass is 10.1. The number of ether oxygens (including phenoxy) is 2. The number of nitriles is 2. The van der Waals surface area contributed by atoms with E-state index in [4.69, 9.17) is 31.6 Å². The van der Waals surface area contributed by atoms with Crippen LogP contribution in [-0.2, 0) is 13.1 Å². The first kappa shape index (κ1) is 38.0. The monoisotopic (exact) mass is 796 g/mol. The molecule has 0 aliphatic carbocycles. The van der Waals surface area contributed by atoms with Crippen molar-refractivity contribution in [1.29, 1.82) is 10.5 Å². The van der Waals surface area contributed by atoms with E-state index in [2.05, 4.69) is 56.2 Å². The summed E-state index contributed by atoms with van der Waals surface area (Å²) < 4.78 is 15.4. The van der Waals surface area contributed by atoms with Gasteiger partial charge in [-0.25, -0.2) is 0 Å². The van der Waals surface area contributed by atoms with Crippen LogP contribution in [0.5, 0.6) is 23.0 Å². The lowest BCUT2D eigenvalue weighted by Crippen LogP contribution is -2.31. The first-order valence-corrected chi connectivity index (χ1v) is 17.0. The Hall–Kier alpha value is -6.29. The number of rotatable bonds is 8. The quantitative estimate of drug-likeness (QED) is 0.216. The van der Waals surface area contributed by atoms with Crippen molar-refractivity contribution in [2.45, 2.75) is 33.9 Å². The van der Waals surface area contributed by atoms with Gasteiger partial charge in [-0.15, -0.1) is 0 Å². The second kappa shape index (κ2) is 15.9. The van der Waals surface area contributed by atoms with E-state index in [0.29, 0.717) is 61.0 Å². The summed E-state index contributed by atoms with van der Waals surface area (Å²) in [4.78, 5) is 29.4. The summed E-state index contributed by atoms with van der Waals surface area (Å²) in [5.41, 5.74) is 8.04. The fourth-order valence-electron chi connectivity index (χ4n) is 5.07. The smallest absolute Gasteiger partial charge is 0.294 e. The van der Waals surface area contributed by atoms with Crippen molar-refractivity contribution in [2.24, 2.45) is 10.2 Å². The fraction of sp³-hybridized carbons (Fsp3) is 0.189. The van der Waals surface area contributed by atoms with Gasteiger partial charge in [0, 0.05) is 41.5 Å². The van der Waals surface area contributed by atoms with Gasteiger partial charge in [0.1, 0.15) is 23.1 Å². The summed E-state index contributed by atoms with van der Waals surface area (Å²) in [6.07, 6.45) is 3.39. The van der Waals surface area contributed by atoms with Crippen LogP contribution in [0.15, 0.2) is 104 Å². The van der Waals surface area contributed by atoms with E-state index in [9.17, 15) is 9.59 Å². The van der Waals surface area contributed by atoms with Crippen molar-refractivity contribution in [2.75, 3.05) is 14.1 Å². The molecule has 53 heavy (non-hydrogen) atoms. The number of benzene rings is 2. The van der Waals surface area contributed by atoms with Crippen molar-refractivity contribution >= 4 is 39.2 Å². The Morgan fingerprint density at radius 2 is 1.34 bits per heavy atom. The number of aryl methyl sites for hydroxylation is 2. The Labute approximate surface area is 318 Å². The van der Waals surface area contributed by atoms with Gasteiger partial charge in [-0.2, -0.15) is 20.7 Å². The zero-order valence-corrected chi connectivity index (χ0v) is 31.8. The molecule has 0 fully saturated rings. The minimum Gasteiger partial charge on any atom is -0.451 e. The van der Waals surface area contributed by atoms with Gasteiger partial charge in [-0.3, -0.25) is 20.4 Å². The highest BCUT2D eigenvalue weighted by atomic mass is 79.9. The highest BCUT2D eigenvalue weighted by Crippen LogP contribution is 2.29. The van der Waals surface area contributed by atoms with Crippen LogP contribution in [0.2, 0.25) is 5.02 Å². The van der Waals surface area contributed by atoms with E-state index in [1.807, 2.05) is 40.1 Å². The number of pyridine rings is 2. The maximum Gasteiger partial charge on any atom is 0.294 e. The van der Waals surface area contributed by atoms with Gasteiger partial charge < -0.3 is 28.4 Å². The zero-order valence-electron chi connectivity index (χ0n) is 29.5. The lowest BCUT2D eigenvalue weighted by molar-refractivity contribution is 0.463. The van der Waals surface area contributed by atoms with Gasteiger partial charge in [0.15, 0.2) is 23.2 Å². The molecule has 2 aliphatic rings. The Kier molecular flexibility index (Phi) is 11.4. The van der Waals surface area contributed by atoms with E-state index in [1.54, 1.807) is 53.4 Å². The van der Waals surface area contributed by atoms with Crippen LogP contribution in [0.25, 0.3) is 0 Å². The summed E-state index contributed by atoms with van der Waals surface area (Å²) in [7, 11) is 3.64. The van der Waals surface area contributed by atoms with Gasteiger partial charge in [0.2, 0.25) is 0 Å². The highest BCUT2D eigenvalue weighted by Gasteiger charge is 2.21. The van der Waals surface area contributed by atoms with E-state index in [0.717, 1.165) is 11.1 Å². The van der Waals surface area contributed by atoms with Crippen LogP contribution in [0.3, 0.4) is 0 Å². The topological polar surface area (TPSA) is 165 Å². The first-order valence-electron chi connectivity index (χ1n) is 15.9. The number of aromatic nitrogens is 2. The minimum atomic E-state index is -0.331. The molecule has 2 aromatic carbocycles. The van der Waals surface area contributed by atoms with Gasteiger partial charge in [0.25, 0.3) is 11.1 Å². The number of hydrogen-bond acceptors (Lipinski definition) is 12. The van der Waals surface area contributed by atoms with Crippen LogP contribution in [0.1, 0.15) is 27.8 Å². The third-order valence-corrected chi connectivity index (χ3v) is 9.21. The number of hydrogen-bond donors (Lipinski definition) is 2. The Bertz CT molecular complexity index is 2420. The number of nitrogens with one attached hydrogen (secondary N) is 2. The molecular weight excluding hydrogens is 764 g/mol. The summed E-state index contributed by atoms with van der Waals surface area (Å²) in [6, 6.07) is 15.7. The molecule has 0 saturated carbocycles. The number of amidine groups is 2. The molecule has 0 bridgehead atoms. The summed E-state index contributed by atoms with van der Waals surface area (Å²) in [5.74, 6) is 3.74. The maximum absolute atomic E-state index is 13.0. The van der Waals surface area contributed by atoms with Crippen molar-refractivity contribution < 1.29 is 9.47 Å². The molecule has 0 atom stereocenters. The van der Waals surface area contributed by atoms with E-state index in [-0.39, 0.29) is 35.7 Å². The molecule has 14 nitrogen and oxygen atoms in total. The van der Waals surface area contributed by atoms with Crippen molar-refractivity contribution in [3.8, 4) is 35.1 Å². The van der Waals surface area contributed by atoms with Crippen LogP contribution in [0, 0.1) is 43.4 Å². The molecule has 0 saturated heterocycles. The molecule has 0 radical (unpaired) electrons. The van der Waals surface area contributed by atoms with Crippen LogP contribution in [-0.4, -0.2) is 44.7 Å². The van der Waals surface area contributed by atoms with E-state index >= 15 is 0 Å². The minimum absolute atomic E-state index is 0.142. The van der Waals surface area contributed by atoms with E-state index < -0.39 is 0 Å². The van der Waals surface area contributed by atoms with Gasteiger partial charge in [-0.05, 0) is 90.3 Å². The summed E-state index contributed by atoms with van der Waals surface area (Å²) in [5, 5.41) is 26.9. The van der Waals surface area contributed by atoms with Crippen LogP contribution >= 0.6 is 27.5 Å². The molecule has 6 rings (SSSR count). The standard InChI is InChI=1S/C19H19N5O2.C18H15BrClN5O2/c1-12-7-15(10-20)9-16(8-12)26-18-13(2)5-6-24(19(18)25)11-17-22-21-14(3)23(17)4;1-10-15(19)8-25(9-16-23-22-11(2)24(16)3)18(26)17(10)27-14-5-12(7-21)4-13(20)6-14/h5-9,21H,3,11H2,1-2,4H3;4-6,8,22H,2,9H2,1,3H3. The molecular formula is C37H34BrClN10O4. The molecule has 0 unspecified atom stereocenters. The zero-order chi connectivity index (χ0) is 38.6. The average molecular weight is 798 g/mol. The molecule has 16 heteroatoms. The average Bonchev–Trinajstić information content (AvgIpc) is 3.62. The number of likely N-dealkylation sites (N-methyl/N-ethyl adjacent to an activating group) is 2. The predicted molar refractivity (Wildman–Crippen MR) is 206 cm³/mol. The third kappa shape index (κ3) is 8.61. The highest BCUT2D eigenvalue weighted by molar-refractivity contribution is 9.10. The Morgan fingerprint density at radius 1 is 0.811 bits per heavy atom. The molecule has 0 amide bonds. The molecule has 4 heterocycles. The lowest BCUT2D eigenvalue weighted by Gasteiger charge is -2.17. The van der Waals surface area contributed by atoms with Crippen LogP contribution in [0.4, 0.5) is 0 Å². The number of nitrogens with zero attached hydrogens (tertiary/aromatic N) is 8.